The molecule has 1 fully saturated rings. The van der Waals surface area contributed by atoms with Gasteiger partial charge in [-0.1, -0.05) is 0 Å². The molecule has 0 aliphatic carbocycles. The van der Waals surface area contributed by atoms with E-state index in [1.807, 2.05) is 0 Å². The van der Waals surface area contributed by atoms with Crippen LogP contribution in [0.25, 0.3) is 0 Å². The molecule has 0 aromatic rings. The van der Waals surface area contributed by atoms with Crippen molar-refractivity contribution in [2.24, 2.45) is 0 Å². The molecule has 0 aromatic heterocycles. The molecule has 1 saturated heterocycles. The van der Waals surface area contributed by atoms with Crippen LogP contribution in [0, 0.1) is 0 Å². The highest BCUT2D eigenvalue weighted by Crippen LogP contribution is 2.18. The Morgan fingerprint density at radius 2 is 1.67 bits per heavy atom. The topological polar surface area (TPSA) is 101 Å². The summed E-state index contributed by atoms with van der Waals surface area (Å²) in [6, 6.07) is -2.29. The van der Waals surface area contributed by atoms with Gasteiger partial charge in [0.2, 0.25) is 11.8 Å². The van der Waals surface area contributed by atoms with Crippen molar-refractivity contribution in [3.63, 3.8) is 0 Å². The third kappa shape index (κ3) is 2.36. The molecule has 0 radical (unpaired) electrons. The van der Waals surface area contributed by atoms with Gasteiger partial charge in [0.05, 0.1) is 0 Å². The lowest BCUT2D eigenvalue weighted by Crippen LogP contribution is -2.42. The second-order valence-electron chi connectivity index (χ2n) is 3.68. The average molecular weight is 256 g/mol. The third-order valence-electron chi connectivity index (χ3n) is 2.31. The van der Waals surface area contributed by atoms with Crippen molar-refractivity contribution in [2.45, 2.75) is 26.8 Å². The van der Waals surface area contributed by atoms with Crippen LogP contribution in [0.3, 0.4) is 0 Å². The first kappa shape index (κ1) is 13.8. The molecule has 1 aliphatic rings. The first-order valence-corrected chi connectivity index (χ1v) is 5.09. The van der Waals surface area contributed by atoms with Gasteiger partial charge in [-0.15, -0.1) is 0 Å². The smallest absolute Gasteiger partial charge is 0.341 e. The molecule has 5 amide bonds. The van der Waals surface area contributed by atoms with E-state index in [1.165, 1.54) is 0 Å². The van der Waals surface area contributed by atoms with Gasteiger partial charge in [-0.05, 0) is 0 Å². The predicted octanol–water partition coefficient (Wildman–Crippen LogP) is -0.725. The number of carbonyl (C=O) groups is 5. The molecule has 1 atom stereocenters. The van der Waals surface area contributed by atoms with E-state index in [2.05, 4.69) is 4.74 Å². The van der Waals surface area contributed by atoms with Gasteiger partial charge < -0.3 is 4.74 Å². The molecule has 0 saturated carbocycles. The van der Waals surface area contributed by atoms with Crippen LogP contribution < -0.4 is 0 Å². The third-order valence-corrected chi connectivity index (χ3v) is 2.31. The Labute approximate surface area is 102 Å². The lowest BCUT2D eigenvalue weighted by Gasteiger charge is -2.17. The van der Waals surface area contributed by atoms with Gasteiger partial charge >= 0.3 is 12.0 Å². The first-order valence-electron chi connectivity index (χ1n) is 5.09. The number of urea groups is 1. The Morgan fingerprint density at radius 1 is 1.11 bits per heavy atom. The van der Waals surface area contributed by atoms with Crippen LogP contribution in [0.4, 0.5) is 4.79 Å². The van der Waals surface area contributed by atoms with Crippen molar-refractivity contribution in [1.29, 1.82) is 0 Å². The molecule has 1 unspecified atom stereocenters. The Bertz CT molecular complexity index is 444. The number of amides is 5. The Morgan fingerprint density at radius 3 is 2.06 bits per heavy atom. The lowest BCUT2D eigenvalue weighted by atomic mass is 10.3. The zero-order valence-corrected chi connectivity index (χ0v) is 10.1. The van der Waals surface area contributed by atoms with E-state index in [9.17, 15) is 24.0 Å². The molecular formula is C10H12N2O6. The van der Waals surface area contributed by atoms with E-state index in [4.69, 9.17) is 0 Å². The zero-order chi connectivity index (χ0) is 14.0. The second kappa shape index (κ2) is 4.94. The molecule has 98 valence electrons. The zero-order valence-electron chi connectivity index (χ0n) is 10.1. The maximum atomic E-state index is 11.8. The standard InChI is InChI=1S/C10H12N2O6/c1-5(13)11-8(4-18-7(3)15)9(16)12(6(2)14)10(11)17/h8H,4H2,1-3H3. The minimum Gasteiger partial charge on any atom is -0.463 e. The number of imide groups is 4. The van der Waals surface area contributed by atoms with Crippen LogP contribution in [0.1, 0.15) is 20.8 Å². The summed E-state index contributed by atoms with van der Waals surface area (Å²) < 4.78 is 4.61. The van der Waals surface area contributed by atoms with E-state index < -0.39 is 42.4 Å². The monoisotopic (exact) mass is 256 g/mol. The number of rotatable bonds is 2. The summed E-state index contributed by atoms with van der Waals surface area (Å²) in [4.78, 5) is 57.6. The minimum atomic E-state index is -1.28. The highest BCUT2D eigenvalue weighted by Gasteiger charge is 2.49. The van der Waals surface area contributed by atoms with Gasteiger partial charge in [0.1, 0.15) is 6.61 Å². The fourth-order valence-electron chi connectivity index (χ4n) is 1.58. The fourth-order valence-corrected chi connectivity index (χ4v) is 1.58. The van der Waals surface area contributed by atoms with Crippen LogP contribution >= 0.6 is 0 Å². The number of esters is 1. The normalized spacial score (nSPS) is 19.2. The van der Waals surface area contributed by atoms with Crippen molar-refractivity contribution in [3.8, 4) is 0 Å². The number of hydrogen-bond acceptors (Lipinski definition) is 6. The first-order chi connectivity index (χ1) is 8.27. The summed E-state index contributed by atoms with van der Waals surface area (Å²) in [5.74, 6) is -3.01. The largest absolute Gasteiger partial charge is 0.463 e. The van der Waals surface area contributed by atoms with Crippen molar-refractivity contribution < 1.29 is 28.7 Å². The van der Waals surface area contributed by atoms with Crippen molar-refractivity contribution >= 4 is 29.7 Å². The van der Waals surface area contributed by atoms with Crippen LogP contribution in [0.5, 0.6) is 0 Å². The number of ether oxygens (including phenoxy) is 1. The summed E-state index contributed by atoms with van der Waals surface area (Å²) in [7, 11) is 0. The van der Waals surface area contributed by atoms with Crippen molar-refractivity contribution in [3.05, 3.63) is 0 Å². The molecule has 1 rings (SSSR count). The lowest BCUT2D eigenvalue weighted by molar-refractivity contribution is -0.147. The van der Waals surface area contributed by atoms with Gasteiger partial charge in [0.25, 0.3) is 5.91 Å². The molecule has 8 heteroatoms. The Balaban J connectivity index is 3.02. The summed E-state index contributed by atoms with van der Waals surface area (Å²) in [5.41, 5.74) is 0. The summed E-state index contributed by atoms with van der Waals surface area (Å²) in [6.07, 6.45) is 0. The molecule has 0 aromatic carbocycles. The van der Waals surface area contributed by atoms with Crippen LogP contribution in [-0.4, -0.2) is 52.2 Å². The van der Waals surface area contributed by atoms with E-state index in [0.717, 1.165) is 20.8 Å². The number of hydrogen-bond donors (Lipinski definition) is 0. The summed E-state index contributed by atoms with van der Waals surface area (Å²) in [6.45, 7) is 2.78. The predicted molar refractivity (Wildman–Crippen MR) is 55.9 cm³/mol. The minimum absolute atomic E-state index is 0.357. The molecule has 18 heavy (non-hydrogen) atoms. The van der Waals surface area contributed by atoms with Crippen LogP contribution in [-0.2, 0) is 23.9 Å². The molecule has 1 aliphatic heterocycles. The highest BCUT2D eigenvalue weighted by atomic mass is 16.5. The quantitative estimate of drug-likeness (QED) is 0.477. The van der Waals surface area contributed by atoms with Crippen LogP contribution in [0.2, 0.25) is 0 Å². The average Bonchev–Trinajstić information content (AvgIpc) is 2.46. The highest BCUT2D eigenvalue weighted by molar-refractivity contribution is 6.20. The van der Waals surface area contributed by atoms with E-state index in [-0.39, 0.29) is 0 Å². The van der Waals surface area contributed by atoms with Crippen LogP contribution in [0.15, 0.2) is 0 Å². The molecule has 8 nitrogen and oxygen atoms in total. The van der Waals surface area contributed by atoms with Crippen molar-refractivity contribution in [2.75, 3.05) is 6.61 Å². The summed E-state index contributed by atoms with van der Waals surface area (Å²) >= 11 is 0. The fraction of sp³-hybridized carbons (Fsp3) is 0.500. The number of nitrogens with zero attached hydrogens (tertiary/aromatic N) is 2. The molecular weight excluding hydrogens is 244 g/mol. The van der Waals surface area contributed by atoms with Gasteiger partial charge in [-0.3, -0.25) is 19.2 Å². The molecule has 0 bridgehead atoms. The number of carbonyl (C=O) groups excluding carboxylic acids is 5. The summed E-state index contributed by atoms with van der Waals surface area (Å²) in [5, 5.41) is 0. The van der Waals surface area contributed by atoms with Gasteiger partial charge in [0, 0.05) is 20.8 Å². The van der Waals surface area contributed by atoms with E-state index >= 15 is 0 Å². The molecule has 0 N–H and O–H groups in total. The van der Waals surface area contributed by atoms with Gasteiger partial charge in [-0.2, -0.15) is 4.90 Å². The molecule has 0 spiro atoms. The maximum Gasteiger partial charge on any atom is 0.341 e. The maximum absolute atomic E-state index is 11.8. The SMILES string of the molecule is CC(=O)OCC1C(=O)N(C(C)=O)C(=O)N1C(C)=O. The van der Waals surface area contributed by atoms with E-state index in [0.29, 0.717) is 9.80 Å². The Kier molecular flexibility index (Phi) is 3.79. The van der Waals surface area contributed by atoms with E-state index in [1.54, 1.807) is 0 Å². The van der Waals surface area contributed by atoms with Gasteiger partial charge in [-0.25, -0.2) is 9.69 Å². The van der Waals surface area contributed by atoms with Crippen molar-refractivity contribution in [1.82, 2.24) is 9.80 Å². The molecule has 1 heterocycles. The second-order valence-corrected chi connectivity index (χ2v) is 3.68. The van der Waals surface area contributed by atoms with Gasteiger partial charge in [0.15, 0.2) is 6.04 Å². The Hall–Kier alpha value is -2.25.